The van der Waals surface area contributed by atoms with E-state index < -0.39 is 18.0 Å². The maximum Gasteiger partial charge on any atom is 0.451 e. The quantitative estimate of drug-likeness (QED) is 0.199. The molecule has 12 nitrogen and oxygen atoms in total. The summed E-state index contributed by atoms with van der Waals surface area (Å²) in [5, 5.41) is 14.7. The third-order valence-electron chi connectivity index (χ3n) is 8.76. The Balaban J connectivity index is 1.25. The number of anilines is 2. The van der Waals surface area contributed by atoms with Crippen molar-refractivity contribution >= 4 is 23.5 Å². The number of alkyl halides is 3. The Hall–Kier alpha value is -4.00. The van der Waals surface area contributed by atoms with E-state index in [-0.39, 0.29) is 23.5 Å². The zero-order chi connectivity index (χ0) is 35.1. The average molecular weight is 689 g/mol. The van der Waals surface area contributed by atoms with Crippen LogP contribution in [0.1, 0.15) is 61.9 Å². The van der Waals surface area contributed by atoms with E-state index in [1.54, 1.807) is 23.1 Å². The van der Waals surface area contributed by atoms with Crippen LogP contribution in [0, 0.1) is 17.2 Å². The molecule has 0 radical (unpaired) electrons. The first-order valence-corrected chi connectivity index (χ1v) is 17.0. The number of rotatable bonds is 18. The fourth-order valence-electron chi connectivity index (χ4n) is 6.12. The zero-order valence-electron chi connectivity index (χ0n) is 27.8. The van der Waals surface area contributed by atoms with Crippen LogP contribution in [0.4, 0.5) is 24.8 Å². The fourth-order valence-corrected chi connectivity index (χ4v) is 6.12. The lowest BCUT2D eigenvalue weighted by Crippen LogP contribution is -2.44. The minimum absolute atomic E-state index is 0.0335. The smallest absolute Gasteiger partial charge is 0.378 e. The lowest BCUT2D eigenvalue weighted by Gasteiger charge is -2.34. The molecule has 0 unspecified atom stereocenters. The molecule has 0 bridgehead atoms. The first kappa shape index (κ1) is 37.8. The molecule has 3 heterocycles. The Bertz CT molecular complexity index is 1380. The van der Waals surface area contributed by atoms with E-state index >= 15 is 0 Å². The standard InChI is InChI=1S/C34H47F3N8O4/c35-34(36,37)33-42-29(44-17-11-25(12-18-44)3-1-5-31(46)40-15-20-49-22-21-48-19-13-38)23-30(43-33)45-16-2-4-28(45)32(47)41-14-10-26-6-8-27(24-39)9-7-26/h6-9,23,25,28H,1-5,10-22,38H2,(H,40,46)(H,41,47)/t28-/m0/s1. The van der Waals surface area contributed by atoms with Crippen LogP contribution in [0.2, 0.25) is 0 Å². The van der Waals surface area contributed by atoms with E-state index in [9.17, 15) is 22.8 Å². The molecule has 2 amide bonds. The van der Waals surface area contributed by atoms with Gasteiger partial charge in [-0.25, -0.2) is 9.97 Å². The Morgan fingerprint density at radius 1 is 0.959 bits per heavy atom. The summed E-state index contributed by atoms with van der Waals surface area (Å²) in [7, 11) is 0. The number of hydrogen-bond acceptors (Lipinski definition) is 10. The number of nitrogens with two attached hydrogens (primary N) is 1. The van der Waals surface area contributed by atoms with Crippen molar-refractivity contribution in [2.45, 2.75) is 63.6 Å². The van der Waals surface area contributed by atoms with Gasteiger partial charge in [-0.05, 0) is 68.6 Å². The summed E-state index contributed by atoms with van der Waals surface area (Å²) in [6, 6.07) is 10.1. The second kappa shape index (κ2) is 19.3. The average Bonchev–Trinajstić information content (AvgIpc) is 3.60. The van der Waals surface area contributed by atoms with Crippen LogP contribution in [0.5, 0.6) is 0 Å². The van der Waals surface area contributed by atoms with Crippen molar-refractivity contribution in [1.29, 1.82) is 5.26 Å². The number of aromatic nitrogens is 2. The molecule has 1 atom stereocenters. The maximum absolute atomic E-state index is 14.0. The van der Waals surface area contributed by atoms with Crippen LogP contribution in [0.25, 0.3) is 0 Å². The van der Waals surface area contributed by atoms with E-state index in [2.05, 4.69) is 26.7 Å². The number of nitrogens with zero attached hydrogens (tertiary/aromatic N) is 5. The number of benzene rings is 1. The summed E-state index contributed by atoms with van der Waals surface area (Å²) >= 11 is 0. The summed E-state index contributed by atoms with van der Waals surface area (Å²) in [6.45, 7) is 4.55. The van der Waals surface area contributed by atoms with Gasteiger partial charge in [-0.2, -0.15) is 18.4 Å². The lowest BCUT2D eigenvalue weighted by molar-refractivity contribution is -0.144. The minimum atomic E-state index is -4.74. The normalized spacial score (nSPS) is 16.8. The first-order valence-electron chi connectivity index (χ1n) is 17.0. The van der Waals surface area contributed by atoms with Gasteiger partial charge >= 0.3 is 6.18 Å². The van der Waals surface area contributed by atoms with E-state index in [0.717, 1.165) is 31.2 Å². The Kier molecular flexibility index (Phi) is 14.9. The van der Waals surface area contributed by atoms with Crippen molar-refractivity contribution in [2.75, 3.05) is 75.5 Å². The first-order chi connectivity index (χ1) is 23.7. The van der Waals surface area contributed by atoms with Gasteiger partial charge in [0, 0.05) is 51.8 Å². The van der Waals surface area contributed by atoms with Gasteiger partial charge in [-0.3, -0.25) is 9.59 Å². The summed E-state index contributed by atoms with van der Waals surface area (Å²) in [5.74, 6) is -0.845. The molecule has 4 N–H and O–H groups in total. The van der Waals surface area contributed by atoms with Crippen molar-refractivity contribution in [1.82, 2.24) is 20.6 Å². The number of piperidine rings is 1. The van der Waals surface area contributed by atoms with E-state index in [4.69, 9.17) is 20.5 Å². The molecule has 1 aromatic carbocycles. The van der Waals surface area contributed by atoms with Crippen LogP contribution >= 0.6 is 0 Å². The molecule has 0 spiro atoms. The maximum atomic E-state index is 14.0. The highest BCUT2D eigenvalue weighted by atomic mass is 19.4. The molecule has 0 saturated carbocycles. The number of amides is 2. The van der Waals surface area contributed by atoms with Crippen molar-refractivity contribution in [3.63, 3.8) is 0 Å². The number of nitrogens with one attached hydrogen (secondary N) is 2. The Morgan fingerprint density at radius 3 is 2.37 bits per heavy atom. The molecular formula is C34H47F3N8O4. The van der Waals surface area contributed by atoms with Crippen LogP contribution in [0.15, 0.2) is 30.3 Å². The van der Waals surface area contributed by atoms with Crippen LogP contribution in [-0.2, 0) is 31.7 Å². The van der Waals surface area contributed by atoms with Gasteiger partial charge in [0.2, 0.25) is 17.6 Å². The Morgan fingerprint density at radius 2 is 1.67 bits per heavy atom. The van der Waals surface area contributed by atoms with Gasteiger partial charge < -0.3 is 35.6 Å². The number of carbonyl (C=O) groups excluding carboxylic acids is 2. The molecule has 268 valence electrons. The fraction of sp³-hybridized carbons (Fsp3) is 0.618. The predicted molar refractivity (Wildman–Crippen MR) is 178 cm³/mol. The van der Waals surface area contributed by atoms with Crippen molar-refractivity contribution in [2.24, 2.45) is 11.7 Å². The lowest BCUT2D eigenvalue weighted by atomic mass is 9.91. The second-order valence-corrected chi connectivity index (χ2v) is 12.3. The van der Waals surface area contributed by atoms with Gasteiger partial charge in [0.1, 0.15) is 17.7 Å². The number of nitriles is 1. The molecule has 4 rings (SSSR count). The monoisotopic (exact) mass is 688 g/mol. The van der Waals surface area contributed by atoms with Gasteiger partial charge in [-0.1, -0.05) is 12.1 Å². The van der Waals surface area contributed by atoms with Gasteiger partial charge in [0.15, 0.2) is 0 Å². The Labute approximate surface area is 285 Å². The highest BCUT2D eigenvalue weighted by Gasteiger charge is 2.39. The van der Waals surface area contributed by atoms with Crippen molar-refractivity contribution in [3.8, 4) is 6.07 Å². The second-order valence-electron chi connectivity index (χ2n) is 12.3. The summed E-state index contributed by atoms with van der Waals surface area (Å²) < 4.78 is 52.5. The predicted octanol–water partition coefficient (Wildman–Crippen LogP) is 3.19. The topological polar surface area (TPSA) is 159 Å². The summed E-state index contributed by atoms with van der Waals surface area (Å²) in [6.07, 6.45) is 0.513. The van der Waals surface area contributed by atoms with E-state index in [1.807, 2.05) is 17.0 Å². The molecule has 2 aromatic rings. The number of halogens is 3. The highest BCUT2D eigenvalue weighted by molar-refractivity contribution is 5.85. The minimum Gasteiger partial charge on any atom is -0.378 e. The third-order valence-corrected chi connectivity index (χ3v) is 8.76. The molecule has 1 aromatic heterocycles. The number of ether oxygens (including phenoxy) is 2. The van der Waals surface area contributed by atoms with Crippen LogP contribution in [-0.4, -0.2) is 93.5 Å². The highest BCUT2D eigenvalue weighted by Crippen LogP contribution is 2.34. The molecule has 2 fully saturated rings. The van der Waals surface area contributed by atoms with Gasteiger partial charge in [-0.15, -0.1) is 0 Å². The van der Waals surface area contributed by atoms with Crippen LogP contribution in [0.3, 0.4) is 0 Å². The number of hydrogen-bond donors (Lipinski definition) is 3. The van der Waals surface area contributed by atoms with Gasteiger partial charge in [0.25, 0.3) is 0 Å². The van der Waals surface area contributed by atoms with Crippen molar-refractivity contribution < 1.29 is 32.2 Å². The molecule has 2 aliphatic heterocycles. The summed E-state index contributed by atoms with van der Waals surface area (Å²) in [4.78, 5) is 36.6. The molecule has 15 heteroatoms. The summed E-state index contributed by atoms with van der Waals surface area (Å²) in [5.41, 5.74) is 6.87. The molecule has 2 saturated heterocycles. The largest absolute Gasteiger partial charge is 0.451 e. The van der Waals surface area contributed by atoms with E-state index in [0.29, 0.717) is 103 Å². The van der Waals surface area contributed by atoms with Crippen molar-refractivity contribution in [3.05, 3.63) is 47.3 Å². The SMILES string of the molecule is N#Cc1ccc(CCNC(=O)[C@@H]2CCCN2c2cc(N3CCC(CCCC(=O)NCCOCCOCCN)CC3)nc(C(F)(F)F)n2)cc1. The third kappa shape index (κ3) is 12.1. The van der Waals surface area contributed by atoms with Crippen LogP contribution < -0.4 is 26.2 Å². The molecule has 0 aliphatic carbocycles. The van der Waals surface area contributed by atoms with E-state index in [1.165, 1.54) is 0 Å². The molecule has 2 aliphatic rings. The molecule has 49 heavy (non-hydrogen) atoms. The molecular weight excluding hydrogens is 641 g/mol. The van der Waals surface area contributed by atoms with Gasteiger partial charge in [0.05, 0.1) is 38.1 Å². The zero-order valence-corrected chi connectivity index (χ0v) is 27.8. The number of carbonyl (C=O) groups is 2.